The topological polar surface area (TPSA) is 75.6 Å². The van der Waals surface area contributed by atoms with Gasteiger partial charge >= 0.3 is 12.3 Å². The number of carbonyl (C=O) groups is 2. The van der Waals surface area contributed by atoms with E-state index in [4.69, 9.17) is 5.11 Å². The minimum atomic E-state index is -4.74. The van der Waals surface area contributed by atoms with Crippen LogP contribution in [0.15, 0.2) is 48.5 Å². The van der Waals surface area contributed by atoms with Gasteiger partial charge in [0.2, 0.25) is 5.91 Å². The van der Waals surface area contributed by atoms with Crippen molar-refractivity contribution in [1.29, 1.82) is 0 Å². The fourth-order valence-corrected chi connectivity index (χ4v) is 3.03. The Morgan fingerprint density at radius 3 is 2.32 bits per heavy atom. The zero-order valence-electron chi connectivity index (χ0n) is 14.8. The number of hydrogen-bond donors (Lipinski definition) is 2. The lowest BCUT2D eigenvalue weighted by atomic mass is 9.95. The van der Waals surface area contributed by atoms with E-state index in [-0.39, 0.29) is 18.1 Å². The Hall–Kier alpha value is -3.03. The SMILES string of the molecule is O=C(O)Cc1cccc(NC(=O)C2(Cc3ccc(OC(F)(F)F)cc3)CC2)c1. The van der Waals surface area contributed by atoms with Crippen LogP contribution in [-0.2, 0) is 22.4 Å². The van der Waals surface area contributed by atoms with E-state index < -0.39 is 17.7 Å². The lowest BCUT2D eigenvalue weighted by Crippen LogP contribution is -2.26. The van der Waals surface area contributed by atoms with E-state index in [1.54, 1.807) is 24.3 Å². The monoisotopic (exact) mass is 393 g/mol. The Kier molecular flexibility index (Phi) is 5.31. The molecule has 1 amide bonds. The average Bonchev–Trinajstić information content (AvgIpc) is 3.36. The third kappa shape index (κ3) is 5.25. The Bertz CT molecular complexity index is 874. The predicted molar refractivity (Wildman–Crippen MR) is 94.9 cm³/mol. The number of halogens is 3. The number of anilines is 1. The summed E-state index contributed by atoms with van der Waals surface area (Å²) in [7, 11) is 0. The predicted octanol–water partition coefficient (Wildman–Crippen LogP) is 4.17. The van der Waals surface area contributed by atoms with Gasteiger partial charge < -0.3 is 15.2 Å². The lowest BCUT2D eigenvalue weighted by molar-refractivity contribution is -0.274. The fraction of sp³-hybridized carbons (Fsp3) is 0.300. The molecule has 0 spiro atoms. The van der Waals surface area contributed by atoms with Crippen LogP contribution in [0.4, 0.5) is 18.9 Å². The summed E-state index contributed by atoms with van der Waals surface area (Å²) in [6.45, 7) is 0. The van der Waals surface area contributed by atoms with E-state index in [1.165, 1.54) is 24.3 Å². The van der Waals surface area contributed by atoms with Gasteiger partial charge in [0.1, 0.15) is 5.75 Å². The molecule has 0 heterocycles. The second-order valence-corrected chi connectivity index (χ2v) is 6.87. The molecule has 1 aliphatic carbocycles. The zero-order valence-corrected chi connectivity index (χ0v) is 14.8. The first kappa shape index (κ1) is 19.7. The molecule has 0 aliphatic heterocycles. The van der Waals surface area contributed by atoms with Crippen LogP contribution < -0.4 is 10.1 Å². The van der Waals surface area contributed by atoms with Gasteiger partial charge in [-0.05, 0) is 54.7 Å². The number of alkyl halides is 3. The number of aliphatic carboxylic acids is 1. The number of carboxylic acid groups (broad SMARTS) is 1. The van der Waals surface area contributed by atoms with Crippen molar-refractivity contribution in [2.45, 2.75) is 32.0 Å². The van der Waals surface area contributed by atoms with Gasteiger partial charge in [-0.25, -0.2) is 0 Å². The molecule has 2 N–H and O–H groups in total. The molecule has 148 valence electrons. The van der Waals surface area contributed by atoms with Crippen molar-refractivity contribution >= 4 is 17.6 Å². The summed E-state index contributed by atoms with van der Waals surface area (Å²) in [5.41, 5.74) is 1.23. The summed E-state index contributed by atoms with van der Waals surface area (Å²) < 4.78 is 40.5. The van der Waals surface area contributed by atoms with Crippen LogP contribution in [-0.4, -0.2) is 23.3 Å². The molecule has 0 radical (unpaired) electrons. The molecule has 2 aromatic carbocycles. The maximum absolute atomic E-state index is 12.7. The number of carbonyl (C=O) groups excluding carboxylic acids is 1. The van der Waals surface area contributed by atoms with Gasteiger partial charge in [0.25, 0.3) is 0 Å². The van der Waals surface area contributed by atoms with Crippen LogP contribution in [0.1, 0.15) is 24.0 Å². The lowest BCUT2D eigenvalue weighted by Gasteiger charge is -2.16. The molecule has 1 fully saturated rings. The maximum Gasteiger partial charge on any atom is 0.573 e. The van der Waals surface area contributed by atoms with Gasteiger partial charge in [-0.1, -0.05) is 24.3 Å². The number of amides is 1. The molecule has 8 heteroatoms. The number of carboxylic acids is 1. The van der Waals surface area contributed by atoms with E-state index >= 15 is 0 Å². The largest absolute Gasteiger partial charge is 0.573 e. The van der Waals surface area contributed by atoms with Crippen LogP contribution in [0, 0.1) is 5.41 Å². The standard InChI is InChI=1S/C20H18F3NO4/c21-20(22,23)28-16-6-4-13(5-7-16)12-19(8-9-19)18(27)24-15-3-1-2-14(10-15)11-17(25)26/h1-7,10H,8-9,11-12H2,(H,24,27)(H,25,26). The summed E-state index contributed by atoms with van der Waals surface area (Å²) in [6, 6.07) is 12.1. The molecule has 5 nitrogen and oxygen atoms in total. The molecular formula is C20H18F3NO4. The van der Waals surface area contributed by atoms with Gasteiger partial charge in [-0.15, -0.1) is 13.2 Å². The zero-order chi connectivity index (χ0) is 20.4. The Morgan fingerprint density at radius 2 is 1.75 bits per heavy atom. The van der Waals surface area contributed by atoms with Gasteiger partial charge in [-0.3, -0.25) is 9.59 Å². The molecule has 0 aromatic heterocycles. The number of ether oxygens (including phenoxy) is 1. The van der Waals surface area contributed by atoms with Crippen LogP contribution in [0.5, 0.6) is 5.75 Å². The quantitative estimate of drug-likeness (QED) is 0.740. The highest BCUT2D eigenvalue weighted by atomic mass is 19.4. The van der Waals surface area contributed by atoms with Gasteiger partial charge in [0, 0.05) is 5.69 Å². The molecule has 28 heavy (non-hydrogen) atoms. The molecule has 3 rings (SSSR count). The third-order valence-electron chi connectivity index (χ3n) is 4.57. The van der Waals surface area contributed by atoms with Crippen molar-refractivity contribution < 1.29 is 32.6 Å². The third-order valence-corrected chi connectivity index (χ3v) is 4.57. The van der Waals surface area contributed by atoms with Crippen LogP contribution in [0.25, 0.3) is 0 Å². The van der Waals surface area contributed by atoms with E-state index in [9.17, 15) is 22.8 Å². The van der Waals surface area contributed by atoms with Crippen LogP contribution in [0.2, 0.25) is 0 Å². The first-order chi connectivity index (χ1) is 13.2. The van der Waals surface area contributed by atoms with Crippen molar-refractivity contribution in [3.63, 3.8) is 0 Å². The molecule has 0 saturated heterocycles. The summed E-state index contributed by atoms with van der Waals surface area (Å²) in [5, 5.41) is 11.7. The van der Waals surface area contributed by atoms with Crippen molar-refractivity contribution in [2.75, 3.05) is 5.32 Å². The summed E-state index contributed by atoms with van der Waals surface area (Å²) in [4.78, 5) is 23.5. The molecule has 0 atom stereocenters. The fourth-order valence-electron chi connectivity index (χ4n) is 3.03. The maximum atomic E-state index is 12.7. The second-order valence-electron chi connectivity index (χ2n) is 6.87. The normalized spacial score (nSPS) is 15.0. The van der Waals surface area contributed by atoms with Gasteiger partial charge in [0.15, 0.2) is 0 Å². The highest BCUT2D eigenvalue weighted by Crippen LogP contribution is 2.49. The number of benzene rings is 2. The van der Waals surface area contributed by atoms with Gasteiger partial charge in [0.05, 0.1) is 11.8 Å². The first-order valence-electron chi connectivity index (χ1n) is 8.62. The van der Waals surface area contributed by atoms with Gasteiger partial charge in [-0.2, -0.15) is 0 Å². The number of hydrogen-bond acceptors (Lipinski definition) is 3. The van der Waals surface area contributed by atoms with Crippen LogP contribution >= 0.6 is 0 Å². The minimum Gasteiger partial charge on any atom is -0.481 e. The van der Waals surface area contributed by atoms with E-state index in [0.29, 0.717) is 30.5 Å². The van der Waals surface area contributed by atoms with Crippen LogP contribution in [0.3, 0.4) is 0 Å². The highest BCUT2D eigenvalue weighted by molar-refractivity contribution is 5.97. The second kappa shape index (κ2) is 7.53. The Labute approximate surface area is 159 Å². The molecule has 1 saturated carbocycles. The average molecular weight is 393 g/mol. The van der Waals surface area contributed by atoms with E-state index in [1.807, 2.05) is 0 Å². The molecular weight excluding hydrogens is 375 g/mol. The van der Waals surface area contributed by atoms with Crippen molar-refractivity contribution in [1.82, 2.24) is 0 Å². The summed E-state index contributed by atoms with van der Waals surface area (Å²) in [5.74, 6) is -1.45. The molecule has 1 aliphatic rings. The smallest absolute Gasteiger partial charge is 0.481 e. The first-order valence-corrected chi connectivity index (χ1v) is 8.62. The number of rotatable bonds is 7. The van der Waals surface area contributed by atoms with Crippen molar-refractivity contribution in [3.8, 4) is 5.75 Å². The minimum absolute atomic E-state index is 0.138. The Balaban J connectivity index is 1.63. The highest BCUT2D eigenvalue weighted by Gasteiger charge is 2.49. The molecule has 0 unspecified atom stereocenters. The summed E-state index contributed by atoms with van der Waals surface area (Å²) >= 11 is 0. The van der Waals surface area contributed by atoms with E-state index in [0.717, 1.165) is 5.56 Å². The number of nitrogens with one attached hydrogen (secondary N) is 1. The van der Waals surface area contributed by atoms with Crippen molar-refractivity contribution in [2.24, 2.45) is 5.41 Å². The Morgan fingerprint density at radius 1 is 1.07 bits per heavy atom. The van der Waals surface area contributed by atoms with E-state index in [2.05, 4.69) is 10.1 Å². The molecule has 0 bridgehead atoms. The summed E-state index contributed by atoms with van der Waals surface area (Å²) in [6.07, 6.45) is -3.13. The molecule has 2 aromatic rings. The van der Waals surface area contributed by atoms with Crippen molar-refractivity contribution in [3.05, 3.63) is 59.7 Å².